The number of piperazine rings is 1. The molecule has 1 fully saturated rings. The molecular weight excluding hydrogens is 401 g/mol. The maximum atomic E-state index is 13.0. The van der Waals surface area contributed by atoms with E-state index in [9.17, 15) is 9.59 Å². The standard InChI is InChI=1S/C20H29Cl2N3O3/c1-13(2)17(23-19(27)28-20(3,4)5)18(26)25-10-8-24(9-11-25)14-6-7-15(21)16(22)12-14/h6-7,12-13,17H,8-11H2,1-5H3,(H,23,27)/t17-/m1/s1. The highest BCUT2D eigenvalue weighted by atomic mass is 35.5. The highest BCUT2D eigenvalue weighted by molar-refractivity contribution is 6.42. The van der Waals surface area contributed by atoms with Crippen molar-refractivity contribution in [3.63, 3.8) is 0 Å². The molecule has 2 amide bonds. The van der Waals surface area contributed by atoms with Crippen molar-refractivity contribution < 1.29 is 14.3 Å². The SMILES string of the molecule is CC(C)[C@@H](NC(=O)OC(C)(C)C)C(=O)N1CCN(c2ccc(Cl)c(Cl)c2)CC1. The minimum Gasteiger partial charge on any atom is -0.444 e. The maximum absolute atomic E-state index is 13.0. The number of benzene rings is 1. The monoisotopic (exact) mass is 429 g/mol. The van der Waals surface area contributed by atoms with E-state index in [1.807, 2.05) is 26.0 Å². The van der Waals surface area contributed by atoms with Gasteiger partial charge in [-0.25, -0.2) is 4.79 Å². The molecule has 0 unspecified atom stereocenters. The lowest BCUT2D eigenvalue weighted by Gasteiger charge is -2.38. The van der Waals surface area contributed by atoms with Crippen molar-refractivity contribution in [1.29, 1.82) is 0 Å². The first-order valence-electron chi connectivity index (χ1n) is 9.46. The van der Waals surface area contributed by atoms with Gasteiger partial charge in [0.2, 0.25) is 5.91 Å². The van der Waals surface area contributed by atoms with Crippen molar-refractivity contribution in [3.8, 4) is 0 Å². The zero-order valence-electron chi connectivity index (χ0n) is 17.1. The van der Waals surface area contributed by atoms with Crippen LogP contribution >= 0.6 is 23.2 Å². The Morgan fingerprint density at radius 2 is 1.68 bits per heavy atom. The van der Waals surface area contributed by atoms with Gasteiger partial charge in [0.1, 0.15) is 11.6 Å². The summed E-state index contributed by atoms with van der Waals surface area (Å²) in [5.74, 6) is -0.136. The van der Waals surface area contributed by atoms with Gasteiger partial charge < -0.3 is 19.9 Å². The fourth-order valence-corrected chi connectivity index (χ4v) is 3.30. The molecule has 1 aliphatic rings. The molecule has 6 nitrogen and oxygen atoms in total. The number of rotatable bonds is 4. The number of ether oxygens (including phenoxy) is 1. The molecule has 0 saturated carbocycles. The summed E-state index contributed by atoms with van der Waals surface area (Å²) in [6.45, 7) is 11.7. The van der Waals surface area contributed by atoms with E-state index in [-0.39, 0.29) is 11.8 Å². The van der Waals surface area contributed by atoms with Gasteiger partial charge in [-0.2, -0.15) is 0 Å². The predicted molar refractivity (Wildman–Crippen MR) is 113 cm³/mol. The zero-order chi connectivity index (χ0) is 21.1. The van der Waals surface area contributed by atoms with E-state index in [0.717, 1.165) is 5.69 Å². The summed E-state index contributed by atoms with van der Waals surface area (Å²) in [5.41, 5.74) is 0.369. The second kappa shape index (κ2) is 9.23. The van der Waals surface area contributed by atoms with E-state index >= 15 is 0 Å². The Morgan fingerprint density at radius 3 is 2.18 bits per heavy atom. The maximum Gasteiger partial charge on any atom is 0.408 e. The topological polar surface area (TPSA) is 61.9 Å². The van der Waals surface area contributed by atoms with Gasteiger partial charge in [0, 0.05) is 31.9 Å². The Bertz CT molecular complexity index is 711. The summed E-state index contributed by atoms with van der Waals surface area (Å²) in [4.78, 5) is 29.1. The van der Waals surface area contributed by atoms with Gasteiger partial charge in [-0.15, -0.1) is 0 Å². The Morgan fingerprint density at radius 1 is 1.07 bits per heavy atom. The average Bonchev–Trinajstić information content (AvgIpc) is 2.60. The summed E-state index contributed by atoms with van der Waals surface area (Å²) in [6.07, 6.45) is -0.575. The predicted octanol–water partition coefficient (Wildman–Crippen LogP) is 4.19. The molecule has 156 valence electrons. The number of amides is 2. The van der Waals surface area contributed by atoms with Crippen LogP contribution in [0, 0.1) is 5.92 Å². The summed E-state index contributed by atoms with van der Waals surface area (Å²) >= 11 is 12.1. The first-order valence-corrected chi connectivity index (χ1v) is 10.2. The fraction of sp³-hybridized carbons (Fsp3) is 0.600. The molecule has 1 N–H and O–H groups in total. The molecule has 8 heteroatoms. The first-order chi connectivity index (χ1) is 13.0. The number of carbonyl (C=O) groups is 2. The smallest absolute Gasteiger partial charge is 0.408 e. The summed E-state index contributed by atoms with van der Waals surface area (Å²) in [7, 11) is 0. The van der Waals surface area contributed by atoms with E-state index in [1.54, 1.807) is 31.7 Å². The molecule has 28 heavy (non-hydrogen) atoms. The number of nitrogens with one attached hydrogen (secondary N) is 1. The number of hydrogen-bond donors (Lipinski definition) is 1. The van der Waals surface area contributed by atoms with Gasteiger partial charge >= 0.3 is 6.09 Å². The van der Waals surface area contributed by atoms with E-state index in [1.165, 1.54) is 0 Å². The number of nitrogens with zero attached hydrogens (tertiary/aromatic N) is 2. The van der Waals surface area contributed by atoms with Crippen LogP contribution in [0.15, 0.2) is 18.2 Å². The van der Waals surface area contributed by atoms with Crippen molar-refractivity contribution in [2.45, 2.75) is 46.3 Å². The van der Waals surface area contributed by atoms with Crippen molar-refractivity contribution in [2.75, 3.05) is 31.1 Å². The summed E-state index contributed by atoms with van der Waals surface area (Å²) in [6, 6.07) is 4.91. The van der Waals surface area contributed by atoms with Crippen LogP contribution in [-0.4, -0.2) is 54.7 Å². The number of carbonyl (C=O) groups excluding carboxylic acids is 2. The van der Waals surface area contributed by atoms with Crippen LogP contribution in [0.4, 0.5) is 10.5 Å². The molecule has 1 heterocycles. The minimum atomic E-state index is -0.619. The van der Waals surface area contributed by atoms with Gasteiger partial charge in [-0.1, -0.05) is 37.0 Å². The quantitative estimate of drug-likeness (QED) is 0.778. The molecule has 1 aromatic rings. The molecule has 1 atom stereocenters. The van der Waals surface area contributed by atoms with Crippen molar-refractivity contribution in [1.82, 2.24) is 10.2 Å². The molecule has 1 aliphatic heterocycles. The third kappa shape index (κ3) is 6.17. The Kier molecular flexibility index (Phi) is 7.46. The lowest BCUT2D eigenvalue weighted by atomic mass is 10.0. The number of hydrogen-bond acceptors (Lipinski definition) is 4. The number of halogens is 2. The van der Waals surface area contributed by atoms with E-state index in [0.29, 0.717) is 36.2 Å². The van der Waals surface area contributed by atoms with Crippen LogP contribution in [0.2, 0.25) is 10.0 Å². The van der Waals surface area contributed by atoms with Crippen LogP contribution in [0.5, 0.6) is 0 Å². The normalized spacial score (nSPS) is 16.1. The minimum absolute atomic E-state index is 0.0480. The molecule has 0 bridgehead atoms. The van der Waals surface area contributed by atoms with Gasteiger partial charge in [0.05, 0.1) is 10.0 Å². The molecule has 1 saturated heterocycles. The van der Waals surface area contributed by atoms with Gasteiger partial charge in [0.25, 0.3) is 0 Å². The third-order valence-corrected chi connectivity index (χ3v) is 5.20. The fourth-order valence-electron chi connectivity index (χ4n) is 3.01. The van der Waals surface area contributed by atoms with Crippen LogP contribution < -0.4 is 10.2 Å². The van der Waals surface area contributed by atoms with Gasteiger partial charge in [-0.3, -0.25) is 4.79 Å². The molecule has 0 spiro atoms. The van der Waals surface area contributed by atoms with Crippen LogP contribution in [0.1, 0.15) is 34.6 Å². The van der Waals surface area contributed by atoms with Crippen LogP contribution in [-0.2, 0) is 9.53 Å². The summed E-state index contributed by atoms with van der Waals surface area (Å²) in [5, 5.41) is 3.76. The van der Waals surface area contributed by atoms with E-state index < -0.39 is 17.7 Å². The lowest BCUT2D eigenvalue weighted by Crippen LogP contribution is -2.56. The largest absolute Gasteiger partial charge is 0.444 e. The van der Waals surface area contributed by atoms with Crippen LogP contribution in [0.3, 0.4) is 0 Å². The molecular formula is C20H29Cl2N3O3. The third-order valence-electron chi connectivity index (χ3n) is 4.46. The lowest BCUT2D eigenvalue weighted by molar-refractivity contribution is -0.134. The average molecular weight is 430 g/mol. The molecule has 0 radical (unpaired) electrons. The number of alkyl carbamates (subject to hydrolysis) is 1. The number of anilines is 1. The van der Waals surface area contributed by atoms with Gasteiger partial charge in [0.15, 0.2) is 0 Å². The Hall–Kier alpha value is -1.66. The second-order valence-electron chi connectivity index (χ2n) is 8.28. The van der Waals surface area contributed by atoms with E-state index in [4.69, 9.17) is 27.9 Å². The first kappa shape index (κ1) is 22.6. The Balaban J connectivity index is 1.97. The van der Waals surface area contributed by atoms with Crippen molar-refractivity contribution in [3.05, 3.63) is 28.2 Å². The van der Waals surface area contributed by atoms with Crippen LogP contribution in [0.25, 0.3) is 0 Å². The zero-order valence-corrected chi connectivity index (χ0v) is 18.6. The summed E-state index contributed by atoms with van der Waals surface area (Å²) < 4.78 is 5.30. The second-order valence-corrected chi connectivity index (χ2v) is 9.09. The van der Waals surface area contributed by atoms with Crippen molar-refractivity contribution in [2.24, 2.45) is 5.92 Å². The molecule has 0 aliphatic carbocycles. The van der Waals surface area contributed by atoms with Gasteiger partial charge in [-0.05, 0) is 44.9 Å². The molecule has 1 aromatic carbocycles. The molecule has 2 rings (SSSR count). The Labute approximate surface area is 177 Å². The highest BCUT2D eigenvalue weighted by Crippen LogP contribution is 2.28. The van der Waals surface area contributed by atoms with E-state index in [2.05, 4.69) is 10.2 Å². The molecule has 0 aromatic heterocycles. The van der Waals surface area contributed by atoms with Crippen molar-refractivity contribution >= 4 is 40.9 Å². The highest BCUT2D eigenvalue weighted by Gasteiger charge is 2.32.